The normalized spacial score (nSPS) is 15.7. The SMILES string of the molecule is O=C(C1=COCCC1)c1cc(Br)c(Br)s1. The highest BCUT2D eigenvalue weighted by Gasteiger charge is 2.18. The zero-order valence-electron chi connectivity index (χ0n) is 7.76. The summed E-state index contributed by atoms with van der Waals surface area (Å²) in [6.07, 6.45) is 3.32. The minimum Gasteiger partial charge on any atom is -0.501 e. The highest BCUT2D eigenvalue weighted by Crippen LogP contribution is 2.34. The second kappa shape index (κ2) is 4.80. The van der Waals surface area contributed by atoms with Gasteiger partial charge in [0.1, 0.15) is 0 Å². The number of thiophene rings is 1. The number of halogens is 2. The average molecular weight is 352 g/mol. The first kappa shape index (κ1) is 11.4. The highest BCUT2D eigenvalue weighted by atomic mass is 79.9. The molecule has 0 N–H and O–H groups in total. The van der Waals surface area contributed by atoms with Gasteiger partial charge in [-0.15, -0.1) is 11.3 Å². The topological polar surface area (TPSA) is 26.3 Å². The molecule has 2 rings (SSSR count). The Morgan fingerprint density at radius 2 is 2.27 bits per heavy atom. The van der Waals surface area contributed by atoms with Crippen molar-refractivity contribution in [2.45, 2.75) is 12.8 Å². The lowest BCUT2D eigenvalue weighted by molar-refractivity contribution is 0.101. The molecule has 2 heterocycles. The molecule has 0 spiro atoms. The molecule has 0 aromatic carbocycles. The Hall–Kier alpha value is -0.130. The molecule has 0 saturated carbocycles. The molecular formula is C10H8Br2O2S. The summed E-state index contributed by atoms with van der Waals surface area (Å²) in [7, 11) is 0. The zero-order chi connectivity index (χ0) is 10.8. The van der Waals surface area contributed by atoms with Gasteiger partial charge in [-0.05, 0) is 50.8 Å². The number of ether oxygens (including phenoxy) is 1. The minimum atomic E-state index is 0.0751. The fraction of sp³-hybridized carbons (Fsp3) is 0.300. The molecule has 80 valence electrons. The van der Waals surface area contributed by atoms with E-state index in [1.165, 1.54) is 11.3 Å². The second-order valence-corrected chi connectivity index (χ2v) is 6.40. The Balaban J connectivity index is 2.23. The zero-order valence-corrected chi connectivity index (χ0v) is 11.7. The molecule has 1 aromatic heterocycles. The number of rotatable bonds is 2. The van der Waals surface area contributed by atoms with E-state index in [1.54, 1.807) is 6.26 Å². The van der Waals surface area contributed by atoms with Crippen LogP contribution in [0.3, 0.4) is 0 Å². The van der Waals surface area contributed by atoms with Crippen LogP contribution in [0.1, 0.15) is 22.5 Å². The lowest BCUT2D eigenvalue weighted by Crippen LogP contribution is -2.07. The summed E-state index contributed by atoms with van der Waals surface area (Å²) in [6, 6.07) is 1.84. The smallest absolute Gasteiger partial charge is 0.202 e. The van der Waals surface area contributed by atoms with Crippen LogP contribution in [0.15, 0.2) is 26.2 Å². The van der Waals surface area contributed by atoms with Crippen LogP contribution < -0.4 is 0 Å². The molecule has 0 fully saturated rings. The highest BCUT2D eigenvalue weighted by molar-refractivity contribution is 9.13. The predicted octanol–water partition coefficient (Wildman–Crippen LogP) is 4.15. The van der Waals surface area contributed by atoms with Gasteiger partial charge >= 0.3 is 0 Å². The van der Waals surface area contributed by atoms with Gasteiger partial charge in [0.2, 0.25) is 5.78 Å². The number of ketones is 1. The summed E-state index contributed by atoms with van der Waals surface area (Å²) in [5.41, 5.74) is 0.766. The van der Waals surface area contributed by atoms with Crippen LogP contribution in [0.5, 0.6) is 0 Å². The maximum Gasteiger partial charge on any atom is 0.202 e. The fourth-order valence-corrected chi connectivity index (χ4v) is 3.36. The molecule has 0 atom stereocenters. The van der Waals surface area contributed by atoms with E-state index in [1.807, 2.05) is 6.07 Å². The number of hydrogen-bond acceptors (Lipinski definition) is 3. The fourth-order valence-electron chi connectivity index (χ4n) is 1.35. The molecule has 1 aromatic rings. The van der Waals surface area contributed by atoms with Crippen molar-refractivity contribution in [2.24, 2.45) is 0 Å². The number of hydrogen-bond donors (Lipinski definition) is 0. The van der Waals surface area contributed by atoms with Crippen molar-refractivity contribution >= 4 is 49.0 Å². The third-order valence-corrected chi connectivity index (χ3v) is 5.35. The summed E-state index contributed by atoms with van der Waals surface area (Å²) in [5.74, 6) is 0.0751. The number of carbonyl (C=O) groups is 1. The summed E-state index contributed by atoms with van der Waals surface area (Å²) in [4.78, 5) is 12.7. The van der Waals surface area contributed by atoms with Crippen LogP contribution >= 0.6 is 43.2 Å². The van der Waals surface area contributed by atoms with Crippen molar-refractivity contribution in [1.29, 1.82) is 0 Å². The molecule has 0 unspecified atom stereocenters. The van der Waals surface area contributed by atoms with Gasteiger partial charge in [-0.25, -0.2) is 0 Å². The van der Waals surface area contributed by atoms with Crippen molar-refractivity contribution in [2.75, 3.05) is 6.61 Å². The van der Waals surface area contributed by atoms with Crippen LogP contribution in [0.4, 0.5) is 0 Å². The van der Waals surface area contributed by atoms with Gasteiger partial charge in [0.15, 0.2) is 0 Å². The van der Waals surface area contributed by atoms with Crippen molar-refractivity contribution < 1.29 is 9.53 Å². The molecular weight excluding hydrogens is 344 g/mol. The Labute approximate surface area is 109 Å². The van der Waals surface area contributed by atoms with E-state index in [0.717, 1.165) is 31.6 Å². The molecule has 1 aliphatic rings. The molecule has 0 amide bonds. The van der Waals surface area contributed by atoms with Gasteiger partial charge in [-0.1, -0.05) is 0 Å². The lowest BCUT2D eigenvalue weighted by atomic mass is 10.1. The third kappa shape index (κ3) is 2.52. The van der Waals surface area contributed by atoms with Crippen LogP contribution in [-0.4, -0.2) is 12.4 Å². The lowest BCUT2D eigenvalue weighted by Gasteiger charge is -2.11. The van der Waals surface area contributed by atoms with E-state index in [9.17, 15) is 4.79 Å². The van der Waals surface area contributed by atoms with E-state index in [0.29, 0.717) is 6.61 Å². The summed E-state index contributed by atoms with van der Waals surface area (Å²) < 4.78 is 7.03. The number of carbonyl (C=O) groups excluding carboxylic acids is 1. The molecule has 2 nitrogen and oxygen atoms in total. The standard InChI is InChI=1S/C10H8Br2O2S/c11-7-4-8(15-10(7)12)9(13)6-2-1-3-14-5-6/h4-5H,1-3H2. The predicted molar refractivity (Wildman–Crippen MR) is 67.3 cm³/mol. The summed E-state index contributed by atoms with van der Waals surface area (Å²) >= 11 is 8.19. The van der Waals surface area contributed by atoms with Crippen molar-refractivity contribution in [3.05, 3.63) is 31.0 Å². The third-order valence-electron chi connectivity index (χ3n) is 2.09. The molecule has 0 radical (unpaired) electrons. The van der Waals surface area contributed by atoms with Gasteiger partial charge < -0.3 is 4.74 Å². The molecule has 15 heavy (non-hydrogen) atoms. The Morgan fingerprint density at radius 3 is 2.80 bits per heavy atom. The van der Waals surface area contributed by atoms with Crippen molar-refractivity contribution in [3.8, 4) is 0 Å². The molecule has 1 aliphatic heterocycles. The van der Waals surface area contributed by atoms with E-state index in [-0.39, 0.29) is 5.78 Å². The van der Waals surface area contributed by atoms with E-state index < -0.39 is 0 Å². The van der Waals surface area contributed by atoms with Gasteiger partial charge in [0.05, 0.1) is 21.5 Å². The van der Waals surface area contributed by atoms with E-state index >= 15 is 0 Å². The van der Waals surface area contributed by atoms with Crippen LogP contribution in [0.2, 0.25) is 0 Å². The summed E-state index contributed by atoms with van der Waals surface area (Å²) in [5, 5.41) is 0. The number of Topliss-reactive ketones (excluding diaryl/α,β-unsaturated/α-hetero) is 1. The first-order valence-electron chi connectivity index (χ1n) is 4.48. The monoisotopic (exact) mass is 350 g/mol. The Morgan fingerprint density at radius 1 is 1.47 bits per heavy atom. The molecule has 0 bridgehead atoms. The first-order chi connectivity index (χ1) is 7.18. The van der Waals surface area contributed by atoms with E-state index in [4.69, 9.17) is 4.74 Å². The van der Waals surface area contributed by atoms with Crippen LogP contribution in [0.25, 0.3) is 0 Å². The van der Waals surface area contributed by atoms with Gasteiger partial charge in [-0.3, -0.25) is 4.79 Å². The van der Waals surface area contributed by atoms with Crippen molar-refractivity contribution in [1.82, 2.24) is 0 Å². The first-order valence-corrected chi connectivity index (χ1v) is 6.89. The molecule has 0 aliphatic carbocycles. The minimum absolute atomic E-state index is 0.0751. The average Bonchev–Trinajstić information content (AvgIpc) is 2.59. The number of allylic oxidation sites excluding steroid dienone is 1. The Kier molecular flexibility index (Phi) is 3.64. The molecule has 0 saturated heterocycles. The van der Waals surface area contributed by atoms with Gasteiger partial charge in [-0.2, -0.15) is 0 Å². The van der Waals surface area contributed by atoms with Crippen molar-refractivity contribution in [3.63, 3.8) is 0 Å². The van der Waals surface area contributed by atoms with Crippen LogP contribution in [-0.2, 0) is 4.74 Å². The summed E-state index contributed by atoms with van der Waals surface area (Å²) in [6.45, 7) is 0.717. The van der Waals surface area contributed by atoms with Crippen LogP contribution in [0, 0.1) is 0 Å². The maximum atomic E-state index is 12.0. The van der Waals surface area contributed by atoms with Gasteiger partial charge in [0, 0.05) is 10.0 Å². The molecule has 5 heteroatoms. The van der Waals surface area contributed by atoms with E-state index in [2.05, 4.69) is 31.9 Å². The second-order valence-electron chi connectivity index (χ2n) is 3.18. The van der Waals surface area contributed by atoms with Gasteiger partial charge in [0.25, 0.3) is 0 Å². The maximum absolute atomic E-state index is 12.0. The largest absolute Gasteiger partial charge is 0.501 e. The Bertz CT molecular complexity index is 404. The quantitative estimate of drug-likeness (QED) is 0.748.